The van der Waals surface area contributed by atoms with E-state index in [9.17, 15) is 14.3 Å². The molecule has 0 fully saturated rings. The molecule has 0 spiro atoms. The van der Waals surface area contributed by atoms with Gasteiger partial charge in [0.25, 0.3) is 7.52 Å². The molecule has 0 bridgehead atoms. The number of nitrogens with zero attached hydrogens (tertiary/aromatic N) is 4. The topological polar surface area (TPSA) is 154 Å². The molecule has 0 saturated carbocycles. The lowest BCUT2D eigenvalue weighted by molar-refractivity contribution is -0.151. The van der Waals surface area contributed by atoms with E-state index >= 15 is 0 Å². The fourth-order valence-electron chi connectivity index (χ4n) is 2.70. The van der Waals surface area contributed by atoms with Gasteiger partial charge < -0.3 is 24.7 Å². The third-order valence-corrected chi connectivity index (χ3v) is 5.65. The van der Waals surface area contributed by atoms with Crippen LogP contribution in [0, 0.1) is 0 Å². The normalized spacial score (nSPS) is 15.9. The van der Waals surface area contributed by atoms with Crippen LogP contribution in [-0.4, -0.2) is 55.0 Å². The summed E-state index contributed by atoms with van der Waals surface area (Å²) in [7, 11) is -3.91. The van der Waals surface area contributed by atoms with Gasteiger partial charge >= 0.3 is 5.97 Å². The van der Waals surface area contributed by atoms with Crippen molar-refractivity contribution in [2.24, 2.45) is 0 Å². The van der Waals surface area contributed by atoms with E-state index in [0.717, 1.165) is 0 Å². The number of imidazole rings is 1. The van der Waals surface area contributed by atoms with Crippen molar-refractivity contribution in [2.45, 2.75) is 65.3 Å². The number of nitrogen functional groups attached to an aromatic ring is 1. The molecule has 0 amide bonds. The van der Waals surface area contributed by atoms with Crippen molar-refractivity contribution < 1.29 is 23.7 Å². The molecule has 2 rings (SSSR count). The summed E-state index contributed by atoms with van der Waals surface area (Å²) in [5, 5.41) is 2.42. The molecule has 0 aliphatic rings. The average molecular weight is 428 g/mol. The monoisotopic (exact) mass is 428 g/mol. The van der Waals surface area contributed by atoms with E-state index in [1.165, 1.54) is 13.3 Å². The number of hydrogen-bond donors (Lipinski definition) is 3. The Labute approximate surface area is 169 Å². The number of anilines is 1. The minimum Gasteiger partial charge on any atom is -0.461 e. The van der Waals surface area contributed by atoms with Crippen LogP contribution in [0.3, 0.4) is 0 Å². The van der Waals surface area contributed by atoms with Gasteiger partial charge in [0.05, 0.1) is 19.0 Å². The zero-order valence-corrected chi connectivity index (χ0v) is 18.0. The number of carbonyl (C=O) groups is 1. The zero-order valence-electron chi connectivity index (χ0n) is 17.1. The molecule has 2 heterocycles. The summed E-state index contributed by atoms with van der Waals surface area (Å²) in [6, 6.07) is -0.928. The van der Waals surface area contributed by atoms with Crippen LogP contribution in [0.2, 0.25) is 0 Å². The maximum atomic E-state index is 12.4. The van der Waals surface area contributed by atoms with Gasteiger partial charge in [0.1, 0.15) is 30.3 Å². The standard InChI is InChI=1S/C17H29N6O5P/c1-5-13(6-2)28-17(24)12(4)22-29(25,26)10-27-11(3)7-23-9-21-14-15(18)19-8-20-16(14)23/h8-9,11-13H,5-7,10H2,1-4H3,(H2,18,19,20)(H2,22,25,26)/t11-,12-/m1/s1. The van der Waals surface area contributed by atoms with Gasteiger partial charge in [0.15, 0.2) is 11.5 Å². The zero-order chi connectivity index (χ0) is 21.6. The van der Waals surface area contributed by atoms with Gasteiger partial charge in [0.2, 0.25) is 0 Å². The maximum Gasteiger partial charge on any atom is 0.323 e. The van der Waals surface area contributed by atoms with Crippen LogP contribution >= 0.6 is 7.52 Å². The summed E-state index contributed by atoms with van der Waals surface area (Å²) < 4.78 is 24.9. The molecule has 0 radical (unpaired) electrons. The van der Waals surface area contributed by atoms with Crippen molar-refractivity contribution in [1.82, 2.24) is 24.6 Å². The van der Waals surface area contributed by atoms with Crippen LogP contribution in [0.1, 0.15) is 40.5 Å². The second-order valence-electron chi connectivity index (χ2n) is 6.86. The smallest absolute Gasteiger partial charge is 0.323 e. The predicted octanol–water partition coefficient (Wildman–Crippen LogP) is 1.67. The Bertz CT molecular complexity index is 871. The molecule has 0 aromatic carbocycles. The number of esters is 1. The van der Waals surface area contributed by atoms with Crippen LogP contribution in [0.4, 0.5) is 5.82 Å². The van der Waals surface area contributed by atoms with Crippen molar-refractivity contribution in [1.29, 1.82) is 0 Å². The molecule has 2 aromatic rings. The Balaban J connectivity index is 1.87. The van der Waals surface area contributed by atoms with Gasteiger partial charge in [-0.1, -0.05) is 13.8 Å². The highest BCUT2D eigenvalue weighted by Crippen LogP contribution is 2.36. The van der Waals surface area contributed by atoms with Gasteiger partial charge in [-0.15, -0.1) is 0 Å². The molecular formula is C17H29N6O5P. The predicted molar refractivity (Wildman–Crippen MR) is 108 cm³/mol. The summed E-state index contributed by atoms with van der Waals surface area (Å²) in [4.78, 5) is 34.4. The van der Waals surface area contributed by atoms with Crippen molar-refractivity contribution in [3.8, 4) is 0 Å². The summed E-state index contributed by atoms with van der Waals surface area (Å²) >= 11 is 0. The van der Waals surface area contributed by atoms with Gasteiger partial charge in [-0.2, -0.15) is 0 Å². The third-order valence-electron chi connectivity index (χ3n) is 4.36. The summed E-state index contributed by atoms with van der Waals surface area (Å²) in [6.45, 7) is 7.41. The molecule has 12 heteroatoms. The first kappa shape index (κ1) is 23.2. The number of rotatable bonds is 11. The van der Waals surface area contributed by atoms with E-state index < -0.39 is 32.0 Å². The molecule has 29 heavy (non-hydrogen) atoms. The highest BCUT2D eigenvalue weighted by Gasteiger charge is 2.28. The minimum absolute atomic E-state index is 0.205. The first-order chi connectivity index (χ1) is 13.7. The van der Waals surface area contributed by atoms with Gasteiger partial charge in [0, 0.05) is 0 Å². The number of ether oxygens (including phenoxy) is 2. The summed E-state index contributed by atoms with van der Waals surface area (Å²) in [5.41, 5.74) is 6.80. The number of carbonyl (C=O) groups excluding carboxylic acids is 1. The van der Waals surface area contributed by atoms with Crippen LogP contribution in [0.15, 0.2) is 12.7 Å². The number of fused-ring (bicyclic) bond motifs is 1. The second kappa shape index (κ2) is 10.1. The lowest BCUT2D eigenvalue weighted by Gasteiger charge is -2.22. The molecule has 4 N–H and O–H groups in total. The van der Waals surface area contributed by atoms with Gasteiger partial charge in [-0.25, -0.2) is 20.0 Å². The maximum absolute atomic E-state index is 12.4. The minimum atomic E-state index is -3.91. The quantitative estimate of drug-likeness (QED) is 0.355. The lowest BCUT2D eigenvalue weighted by atomic mass is 10.2. The number of aromatic nitrogens is 4. The first-order valence-corrected chi connectivity index (χ1v) is 11.3. The molecule has 1 unspecified atom stereocenters. The van der Waals surface area contributed by atoms with Crippen LogP contribution < -0.4 is 10.8 Å². The molecule has 3 atom stereocenters. The van der Waals surface area contributed by atoms with E-state index in [2.05, 4.69) is 20.0 Å². The second-order valence-corrected chi connectivity index (χ2v) is 8.78. The molecule has 0 saturated heterocycles. The Kier molecular flexibility index (Phi) is 8.09. The van der Waals surface area contributed by atoms with E-state index in [-0.39, 0.29) is 11.9 Å². The van der Waals surface area contributed by atoms with Crippen LogP contribution in [-0.2, 0) is 25.4 Å². The summed E-state index contributed by atoms with van der Waals surface area (Å²) in [6.07, 6.45) is 3.19. The molecule has 2 aromatic heterocycles. The highest BCUT2D eigenvalue weighted by molar-refractivity contribution is 7.55. The Morgan fingerprint density at radius 2 is 2.00 bits per heavy atom. The van der Waals surface area contributed by atoms with Crippen molar-refractivity contribution in [2.75, 3.05) is 12.1 Å². The lowest BCUT2D eigenvalue weighted by Crippen LogP contribution is -2.36. The molecule has 11 nitrogen and oxygen atoms in total. The third kappa shape index (κ3) is 6.46. The largest absolute Gasteiger partial charge is 0.461 e. The average Bonchev–Trinajstić information content (AvgIpc) is 3.08. The van der Waals surface area contributed by atoms with Gasteiger partial charge in [-0.05, 0) is 26.7 Å². The SMILES string of the molecule is CCC(CC)OC(=O)[C@@H](C)NP(=O)(O)CO[C@H](C)Cn1cnc2c(N)ncnc21. The summed E-state index contributed by atoms with van der Waals surface area (Å²) in [5.74, 6) is -0.288. The molecule has 0 aliphatic carbocycles. The van der Waals surface area contributed by atoms with Crippen molar-refractivity contribution in [3.63, 3.8) is 0 Å². The van der Waals surface area contributed by atoms with Gasteiger partial charge in [-0.3, -0.25) is 9.36 Å². The Hall–Kier alpha value is -2.07. The van der Waals surface area contributed by atoms with Crippen LogP contribution in [0.25, 0.3) is 11.2 Å². The highest BCUT2D eigenvalue weighted by atomic mass is 31.2. The fraction of sp³-hybridized carbons (Fsp3) is 0.647. The molecule has 0 aliphatic heterocycles. The number of hydrogen-bond acceptors (Lipinski definition) is 8. The van der Waals surface area contributed by atoms with Crippen molar-refractivity contribution in [3.05, 3.63) is 12.7 Å². The van der Waals surface area contributed by atoms with E-state index in [4.69, 9.17) is 15.2 Å². The van der Waals surface area contributed by atoms with Crippen LogP contribution in [0.5, 0.6) is 0 Å². The fourth-order valence-corrected chi connectivity index (χ4v) is 3.95. The molecular weight excluding hydrogens is 399 g/mol. The Morgan fingerprint density at radius 1 is 1.31 bits per heavy atom. The van der Waals surface area contributed by atoms with E-state index in [1.807, 2.05) is 13.8 Å². The number of nitrogens with one attached hydrogen (secondary N) is 1. The van der Waals surface area contributed by atoms with Crippen molar-refractivity contribution >= 4 is 30.5 Å². The first-order valence-electron chi connectivity index (χ1n) is 9.49. The van der Waals surface area contributed by atoms with E-state index in [0.29, 0.717) is 30.6 Å². The number of nitrogens with two attached hydrogens (primary N) is 1. The Morgan fingerprint density at radius 3 is 2.66 bits per heavy atom. The van der Waals surface area contributed by atoms with E-state index in [1.54, 1.807) is 17.8 Å². The molecule has 162 valence electrons.